The number of hydrogen-bond donors (Lipinski definition) is 0. The van der Waals surface area contributed by atoms with Gasteiger partial charge in [-0.05, 0) is 58.3 Å². The summed E-state index contributed by atoms with van der Waals surface area (Å²) in [5, 5.41) is 0. The quantitative estimate of drug-likeness (QED) is 0.239. The molecule has 0 radical (unpaired) electrons. The molecule has 0 bridgehead atoms. The van der Waals surface area contributed by atoms with Crippen molar-refractivity contribution >= 4 is 28.2 Å². The van der Waals surface area contributed by atoms with Gasteiger partial charge in [0.2, 0.25) is 0 Å². The summed E-state index contributed by atoms with van der Waals surface area (Å²) in [4.78, 5) is 0. The fourth-order valence-corrected chi connectivity index (χ4v) is 3.76. The molecule has 0 N–H and O–H groups in total. The van der Waals surface area contributed by atoms with E-state index in [9.17, 15) is 0 Å². The van der Waals surface area contributed by atoms with Crippen molar-refractivity contribution < 1.29 is 0 Å². The van der Waals surface area contributed by atoms with Crippen molar-refractivity contribution in [1.82, 2.24) is 0 Å². The van der Waals surface area contributed by atoms with Crippen LogP contribution in [0, 0.1) is 5.41 Å². The van der Waals surface area contributed by atoms with Crippen LogP contribution in [0.15, 0.2) is 28.3 Å². The van der Waals surface area contributed by atoms with E-state index in [0.717, 1.165) is 0 Å². The molecule has 0 saturated heterocycles. The highest BCUT2D eigenvalue weighted by Gasteiger charge is 2.09. The van der Waals surface area contributed by atoms with E-state index in [1.807, 2.05) is 0 Å². The van der Waals surface area contributed by atoms with Crippen LogP contribution >= 0.6 is 22.6 Å². The molecule has 1 rings (SSSR count). The van der Waals surface area contributed by atoms with E-state index >= 15 is 0 Å². The largest absolute Gasteiger partial charge is 0.0654 e. The zero-order valence-corrected chi connectivity index (χ0v) is 18.5. The Morgan fingerprint density at radius 2 is 1.75 bits per heavy atom. The first kappa shape index (κ1) is 21.7. The first-order chi connectivity index (χ1) is 11.5. The molecule has 136 valence electrons. The molecule has 0 unspecified atom stereocenters. The zero-order valence-electron chi connectivity index (χ0n) is 16.3. The standard InChI is InChI=1S/C23H37I/c1-5-6-7-10-15-22(19-24)21-16-12-14-20(18-21)13-9-8-11-17-23(2,3)4/h12,14,16,18-19H,5-11,13,15,17H2,1-4H3/b22-19+. The molecule has 1 aromatic carbocycles. The summed E-state index contributed by atoms with van der Waals surface area (Å²) in [6, 6.07) is 9.25. The van der Waals surface area contributed by atoms with Crippen LogP contribution in [-0.2, 0) is 6.42 Å². The molecule has 0 fully saturated rings. The molecule has 24 heavy (non-hydrogen) atoms. The van der Waals surface area contributed by atoms with Gasteiger partial charge in [-0.25, -0.2) is 0 Å². The monoisotopic (exact) mass is 440 g/mol. The van der Waals surface area contributed by atoms with Gasteiger partial charge in [-0.15, -0.1) is 0 Å². The van der Waals surface area contributed by atoms with Gasteiger partial charge >= 0.3 is 0 Å². The third-order valence-corrected chi connectivity index (χ3v) is 5.37. The van der Waals surface area contributed by atoms with Crippen molar-refractivity contribution in [2.45, 2.75) is 91.9 Å². The molecule has 0 amide bonds. The Hall–Kier alpha value is -0.310. The highest BCUT2D eigenvalue weighted by atomic mass is 127. The summed E-state index contributed by atoms with van der Waals surface area (Å²) >= 11 is 2.41. The molecule has 1 heteroatoms. The van der Waals surface area contributed by atoms with Gasteiger partial charge in [-0.3, -0.25) is 0 Å². The maximum Gasteiger partial charge on any atom is -0.0196 e. The smallest absolute Gasteiger partial charge is 0.0196 e. The lowest BCUT2D eigenvalue weighted by atomic mass is 9.89. The Bertz CT molecular complexity index is 479. The lowest BCUT2D eigenvalue weighted by molar-refractivity contribution is 0.358. The lowest BCUT2D eigenvalue weighted by Crippen LogP contribution is -2.04. The first-order valence-electron chi connectivity index (χ1n) is 9.85. The molecule has 0 saturated carbocycles. The van der Waals surface area contributed by atoms with Crippen molar-refractivity contribution in [3.05, 3.63) is 39.5 Å². The lowest BCUT2D eigenvalue weighted by Gasteiger charge is -2.17. The maximum atomic E-state index is 2.42. The number of allylic oxidation sites excluding steroid dienone is 1. The van der Waals surface area contributed by atoms with Crippen LogP contribution in [0.3, 0.4) is 0 Å². The fourth-order valence-electron chi connectivity index (χ4n) is 3.09. The Labute approximate surface area is 164 Å². The number of halogens is 1. The SMILES string of the molecule is CCCCCC/C(=C\I)c1cccc(CCCCCC(C)(C)C)c1. The topological polar surface area (TPSA) is 0 Å². The van der Waals surface area contributed by atoms with Gasteiger partial charge in [0.05, 0.1) is 0 Å². The second kappa shape index (κ2) is 12.1. The summed E-state index contributed by atoms with van der Waals surface area (Å²) in [5.74, 6) is 0. The van der Waals surface area contributed by atoms with Crippen LogP contribution < -0.4 is 0 Å². The van der Waals surface area contributed by atoms with Gasteiger partial charge in [0, 0.05) is 0 Å². The summed E-state index contributed by atoms with van der Waals surface area (Å²) in [6.45, 7) is 9.30. The predicted octanol–water partition coefficient (Wildman–Crippen LogP) is 8.58. The van der Waals surface area contributed by atoms with E-state index in [0.29, 0.717) is 5.41 Å². The molecule has 0 aliphatic heterocycles. The Balaban J connectivity index is 2.44. The molecule has 0 heterocycles. The van der Waals surface area contributed by atoms with E-state index in [4.69, 9.17) is 0 Å². The number of aryl methyl sites for hydroxylation is 1. The molecule has 1 aromatic rings. The number of unbranched alkanes of at least 4 members (excludes halogenated alkanes) is 5. The molecular formula is C23H37I. The predicted molar refractivity (Wildman–Crippen MR) is 119 cm³/mol. The summed E-state index contributed by atoms with van der Waals surface area (Å²) in [7, 11) is 0. The van der Waals surface area contributed by atoms with Crippen LogP contribution in [0.25, 0.3) is 5.57 Å². The van der Waals surface area contributed by atoms with E-state index in [1.165, 1.54) is 80.9 Å². The average molecular weight is 440 g/mol. The van der Waals surface area contributed by atoms with Crippen LogP contribution in [0.5, 0.6) is 0 Å². The summed E-state index contributed by atoms with van der Waals surface area (Å²) < 4.78 is 2.28. The van der Waals surface area contributed by atoms with E-state index in [2.05, 4.69) is 78.6 Å². The highest BCUT2D eigenvalue weighted by Crippen LogP contribution is 2.25. The number of rotatable bonds is 11. The second-order valence-corrected chi connectivity index (χ2v) is 8.89. The summed E-state index contributed by atoms with van der Waals surface area (Å²) in [6.07, 6.45) is 13.2. The fraction of sp³-hybridized carbons (Fsp3) is 0.652. The van der Waals surface area contributed by atoms with Gasteiger partial charge in [-0.2, -0.15) is 0 Å². The molecule has 0 spiro atoms. The van der Waals surface area contributed by atoms with Gasteiger partial charge in [0.15, 0.2) is 0 Å². The Morgan fingerprint density at radius 3 is 2.42 bits per heavy atom. The zero-order chi connectivity index (χ0) is 17.8. The van der Waals surface area contributed by atoms with Crippen LogP contribution in [0.2, 0.25) is 0 Å². The number of hydrogen-bond acceptors (Lipinski definition) is 0. The van der Waals surface area contributed by atoms with Crippen molar-refractivity contribution in [3.63, 3.8) is 0 Å². The van der Waals surface area contributed by atoms with E-state index in [1.54, 1.807) is 0 Å². The third kappa shape index (κ3) is 9.86. The van der Waals surface area contributed by atoms with Crippen molar-refractivity contribution in [1.29, 1.82) is 0 Å². The second-order valence-electron chi connectivity index (χ2n) is 8.27. The molecule has 0 aliphatic carbocycles. The van der Waals surface area contributed by atoms with Gasteiger partial charge in [0.1, 0.15) is 0 Å². The minimum atomic E-state index is 0.484. The van der Waals surface area contributed by atoms with Crippen LogP contribution in [-0.4, -0.2) is 0 Å². The van der Waals surface area contributed by atoms with Gasteiger partial charge < -0.3 is 0 Å². The normalized spacial score (nSPS) is 12.6. The van der Waals surface area contributed by atoms with E-state index < -0.39 is 0 Å². The average Bonchev–Trinajstić information content (AvgIpc) is 2.54. The Kier molecular flexibility index (Phi) is 11.0. The van der Waals surface area contributed by atoms with Crippen LogP contribution in [0.1, 0.15) is 96.6 Å². The van der Waals surface area contributed by atoms with E-state index in [-0.39, 0.29) is 0 Å². The minimum absolute atomic E-state index is 0.484. The first-order valence-corrected chi connectivity index (χ1v) is 11.1. The molecular weight excluding hydrogens is 403 g/mol. The Morgan fingerprint density at radius 1 is 1.00 bits per heavy atom. The minimum Gasteiger partial charge on any atom is -0.0654 e. The molecule has 0 aromatic heterocycles. The van der Waals surface area contributed by atoms with Crippen molar-refractivity contribution in [2.24, 2.45) is 5.41 Å². The highest BCUT2D eigenvalue weighted by molar-refractivity contribution is 14.1. The third-order valence-electron chi connectivity index (χ3n) is 4.62. The summed E-state index contributed by atoms with van der Waals surface area (Å²) in [5.41, 5.74) is 4.94. The van der Waals surface area contributed by atoms with Gasteiger partial charge in [-0.1, -0.05) is 107 Å². The molecule has 0 nitrogen and oxygen atoms in total. The maximum absolute atomic E-state index is 2.42. The number of benzene rings is 1. The van der Waals surface area contributed by atoms with Crippen molar-refractivity contribution in [2.75, 3.05) is 0 Å². The van der Waals surface area contributed by atoms with Crippen molar-refractivity contribution in [3.8, 4) is 0 Å². The van der Waals surface area contributed by atoms with Gasteiger partial charge in [0.25, 0.3) is 0 Å². The van der Waals surface area contributed by atoms with Crippen LogP contribution in [0.4, 0.5) is 0 Å². The molecule has 0 aliphatic rings. The molecule has 0 atom stereocenters.